The summed E-state index contributed by atoms with van der Waals surface area (Å²) < 4.78 is 0. The fraction of sp³-hybridized carbons (Fsp3) is 0.333. The van der Waals surface area contributed by atoms with E-state index in [1.54, 1.807) is 17.2 Å². The first-order valence-electron chi connectivity index (χ1n) is 6.40. The van der Waals surface area contributed by atoms with Gasteiger partial charge in [0.1, 0.15) is 5.69 Å². The average molecular weight is 257 g/mol. The zero-order valence-electron chi connectivity index (χ0n) is 11.6. The molecule has 100 valence electrons. The number of pyridine rings is 1. The van der Waals surface area contributed by atoms with Gasteiger partial charge in [0.15, 0.2) is 0 Å². The standard InChI is InChI=1S/C15H19N3O/c1-11-6-8-16-13(9-11)10-12(2)18(3)15(19)14-5-4-7-17-14/h4-9,12,17H,10H2,1-3H3. The monoisotopic (exact) mass is 257 g/mol. The largest absolute Gasteiger partial charge is 0.357 e. The van der Waals surface area contributed by atoms with E-state index in [4.69, 9.17) is 0 Å². The smallest absolute Gasteiger partial charge is 0.270 e. The van der Waals surface area contributed by atoms with Gasteiger partial charge in [0.25, 0.3) is 5.91 Å². The van der Waals surface area contributed by atoms with Crippen molar-refractivity contribution in [1.29, 1.82) is 0 Å². The second-order valence-corrected chi connectivity index (χ2v) is 4.88. The Morgan fingerprint density at radius 2 is 2.26 bits per heavy atom. The second-order valence-electron chi connectivity index (χ2n) is 4.88. The minimum absolute atomic E-state index is 0.00477. The molecule has 0 aliphatic heterocycles. The summed E-state index contributed by atoms with van der Waals surface area (Å²) in [5.74, 6) is 0.00477. The third-order valence-electron chi connectivity index (χ3n) is 3.29. The molecule has 0 spiro atoms. The molecule has 2 aromatic heterocycles. The fourth-order valence-corrected chi connectivity index (χ4v) is 2.00. The van der Waals surface area contributed by atoms with E-state index in [-0.39, 0.29) is 11.9 Å². The van der Waals surface area contributed by atoms with Crippen LogP contribution in [-0.2, 0) is 6.42 Å². The molecule has 2 heterocycles. The number of likely N-dealkylation sites (N-methyl/N-ethyl adjacent to an activating group) is 1. The molecule has 4 nitrogen and oxygen atoms in total. The molecule has 1 N–H and O–H groups in total. The van der Waals surface area contributed by atoms with Gasteiger partial charge in [-0.3, -0.25) is 9.78 Å². The maximum absolute atomic E-state index is 12.2. The van der Waals surface area contributed by atoms with E-state index in [9.17, 15) is 4.79 Å². The predicted molar refractivity (Wildman–Crippen MR) is 75.0 cm³/mol. The molecule has 0 fully saturated rings. The van der Waals surface area contributed by atoms with Crippen LogP contribution >= 0.6 is 0 Å². The number of carbonyl (C=O) groups excluding carboxylic acids is 1. The first kappa shape index (κ1) is 13.3. The Bertz CT molecular complexity index is 548. The van der Waals surface area contributed by atoms with E-state index in [2.05, 4.69) is 16.0 Å². The maximum Gasteiger partial charge on any atom is 0.270 e. The number of rotatable bonds is 4. The van der Waals surface area contributed by atoms with Gasteiger partial charge in [0.2, 0.25) is 0 Å². The van der Waals surface area contributed by atoms with Crippen LogP contribution in [0, 0.1) is 6.92 Å². The molecule has 2 rings (SSSR count). The molecule has 1 atom stereocenters. The Morgan fingerprint density at radius 3 is 2.89 bits per heavy atom. The van der Waals surface area contributed by atoms with Gasteiger partial charge in [-0.25, -0.2) is 0 Å². The molecule has 19 heavy (non-hydrogen) atoms. The van der Waals surface area contributed by atoms with Gasteiger partial charge in [0, 0.05) is 37.6 Å². The number of hydrogen-bond donors (Lipinski definition) is 1. The number of aromatic amines is 1. The minimum atomic E-state index is 0.00477. The lowest BCUT2D eigenvalue weighted by molar-refractivity contribution is 0.0737. The van der Waals surface area contributed by atoms with Crippen LogP contribution in [-0.4, -0.2) is 33.9 Å². The normalized spacial score (nSPS) is 12.2. The molecule has 0 aliphatic rings. The van der Waals surface area contributed by atoms with Gasteiger partial charge < -0.3 is 9.88 Å². The fourth-order valence-electron chi connectivity index (χ4n) is 2.00. The molecule has 4 heteroatoms. The summed E-state index contributed by atoms with van der Waals surface area (Å²) in [7, 11) is 1.82. The van der Waals surface area contributed by atoms with Crippen LogP contribution in [0.1, 0.15) is 28.7 Å². The van der Waals surface area contributed by atoms with Crippen LogP contribution in [0.25, 0.3) is 0 Å². The zero-order valence-corrected chi connectivity index (χ0v) is 11.6. The summed E-state index contributed by atoms with van der Waals surface area (Å²) in [5, 5.41) is 0. The van der Waals surface area contributed by atoms with Crippen molar-refractivity contribution in [2.24, 2.45) is 0 Å². The third-order valence-corrected chi connectivity index (χ3v) is 3.29. The number of amides is 1. The molecule has 2 aromatic rings. The lowest BCUT2D eigenvalue weighted by Crippen LogP contribution is -2.36. The Hall–Kier alpha value is -2.10. The van der Waals surface area contributed by atoms with Gasteiger partial charge in [-0.1, -0.05) is 0 Å². The van der Waals surface area contributed by atoms with Crippen molar-refractivity contribution in [1.82, 2.24) is 14.9 Å². The van der Waals surface area contributed by atoms with Crippen molar-refractivity contribution in [3.63, 3.8) is 0 Å². The Labute approximate surface area is 113 Å². The van der Waals surface area contributed by atoms with E-state index in [0.29, 0.717) is 5.69 Å². The van der Waals surface area contributed by atoms with Crippen molar-refractivity contribution in [2.75, 3.05) is 7.05 Å². The minimum Gasteiger partial charge on any atom is -0.357 e. The van der Waals surface area contributed by atoms with Crippen molar-refractivity contribution in [3.8, 4) is 0 Å². The lowest BCUT2D eigenvalue weighted by atomic mass is 10.1. The summed E-state index contributed by atoms with van der Waals surface area (Å²) >= 11 is 0. The van der Waals surface area contributed by atoms with Gasteiger partial charge in [-0.2, -0.15) is 0 Å². The summed E-state index contributed by atoms with van der Waals surface area (Å²) in [4.78, 5) is 21.2. The number of aryl methyl sites for hydroxylation is 1. The quantitative estimate of drug-likeness (QED) is 0.914. The Morgan fingerprint density at radius 1 is 1.47 bits per heavy atom. The highest BCUT2D eigenvalue weighted by atomic mass is 16.2. The van der Waals surface area contributed by atoms with Crippen LogP contribution in [0.5, 0.6) is 0 Å². The second kappa shape index (κ2) is 5.69. The molecular weight excluding hydrogens is 238 g/mol. The number of carbonyl (C=O) groups is 1. The summed E-state index contributed by atoms with van der Waals surface area (Å²) in [6.07, 6.45) is 4.32. The van der Waals surface area contributed by atoms with Crippen LogP contribution < -0.4 is 0 Å². The van der Waals surface area contributed by atoms with Crippen LogP contribution in [0.2, 0.25) is 0 Å². The highest BCUT2D eigenvalue weighted by Crippen LogP contribution is 2.10. The number of nitrogens with zero attached hydrogens (tertiary/aromatic N) is 2. The van der Waals surface area contributed by atoms with Crippen molar-refractivity contribution >= 4 is 5.91 Å². The number of aromatic nitrogens is 2. The highest BCUT2D eigenvalue weighted by Gasteiger charge is 2.18. The van der Waals surface area contributed by atoms with Crippen molar-refractivity contribution < 1.29 is 4.79 Å². The van der Waals surface area contributed by atoms with Crippen molar-refractivity contribution in [3.05, 3.63) is 53.6 Å². The molecule has 1 amide bonds. The molecule has 0 saturated heterocycles. The van der Waals surface area contributed by atoms with E-state index >= 15 is 0 Å². The molecule has 0 aromatic carbocycles. The molecule has 0 radical (unpaired) electrons. The highest BCUT2D eigenvalue weighted by molar-refractivity contribution is 5.92. The van der Waals surface area contributed by atoms with Gasteiger partial charge in [-0.15, -0.1) is 0 Å². The number of hydrogen-bond acceptors (Lipinski definition) is 2. The average Bonchev–Trinajstić information content (AvgIpc) is 2.90. The van der Waals surface area contributed by atoms with E-state index in [1.165, 1.54) is 5.56 Å². The molecule has 1 unspecified atom stereocenters. The summed E-state index contributed by atoms with van der Waals surface area (Å²) in [6.45, 7) is 4.08. The predicted octanol–water partition coefficient (Wildman–Crippen LogP) is 2.42. The topological polar surface area (TPSA) is 49.0 Å². The number of H-pyrrole nitrogens is 1. The van der Waals surface area contributed by atoms with E-state index in [0.717, 1.165) is 12.1 Å². The molecule has 0 bridgehead atoms. The zero-order chi connectivity index (χ0) is 13.8. The summed E-state index contributed by atoms with van der Waals surface area (Å²) in [5.41, 5.74) is 2.82. The molecular formula is C15H19N3O. The van der Waals surface area contributed by atoms with Crippen LogP contribution in [0.3, 0.4) is 0 Å². The lowest BCUT2D eigenvalue weighted by Gasteiger charge is -2.24. The third kappa shape index (κ3) is 3.22. The first-order chi connectivity index (χ1) is 9.08. The Balaban J connectivity index is 2.03. The van der Waals surface area contributed by atoms with Gasteiger partial charge >= 0.3 is 0 Å². The number of nitrogens with one attached hydrogen (secondary N) is 1. The van der Waals surface area contributed by atoms with Gasteiger partial charge in [0.05, 0.1) is 0 Å². The van der Waals surface area contributed by atoms with E-state index in [1.807, 2.05) is 39.2 Å². The summed E-state index contributed by atoms with van der Waals surface area (Å²) in [6, 6.07) is 7.75. The van der Waals surface area contributed by atoms with Crippen molar-refractivity contribution in [2.45, 2.75) is 26.3 Å². The maximum atomic E-state index is 12.2. The Kier molecular flexibility index (Phi) is 4.00. The SMILES string of the molecule is Cc1ccnc(CC(C)N(C)C(=O)c2ccc[nH]2)c1. The van der Waals surface area contributed by atoms with E-state index < -0.39 is 0 Å². The first-order valence-corrected chi connectivity index (χ1v) is 6.40. The van der Waals surface area contributed by atoms with Gasteiger partial charge in [-0.05, 0) is 43.7 Å². The van der Waals surface area contributed by atoms with Crippen LogP contribution in [0.4, 0.5) is 0 Å². The molecule has 0 saturated carbocycles. The van der Waals surface area contributed by atoms with Crippen LogP contribution in [0.15, 0.2) is 36.7 Å². The molecule has 0 aliphatic carbocycles.